The maximum atomic E-state index is 12.7. The second-order valence-electron chi connectivity index (χ2n) is 6.91. The largest absolute Gasteiger partial charge is 0.481 e. The minimum absolute atomic E-state index is 0.0165. The Morgan fingerprint density at radius 2 is 1.67 bits per heavy atom. The van der Waals surface area contributed by atoms with Gasteiger partial charge in [0.2, 0.25) is 11.8 Å². The van der Waals surface area contributed by atoms with Crippen LogP contribution in [-0.2, 0) is 24.0 Å². The minimum atomic E-state index is -1.25. The molecule has 0 saturated heterocycles. The molecule has 0 heterocycles. The topological polar surface area (TPSA) is 187 Å². The lowest BCUT2D eigenvalue weighted by Crippen LogP contribution is -2.51. The SMILES string of the molecule is CCCC(CCCN(CC(=O)O)C(=O)C(CS)NC(=O)CCC(N)C(=O)O)C(=O)O. The lowest BCUT2D eigenvalue weighted by Gasteiger charge is -2.26. The second kappa shape index (κ2) is 14.6. The first-order valence-corrected chi connectivity index (χ1v) is 10.3. The number of aliphatic carboxylic acids is 3. The number of thiol groups is 1. The summed E-state index contributed by atoms with van der Waals surface area (Å²) < 4.78 is 0. The molecule has 0 aromatic heterocycles. The number of carboxylic acids is 3. The first kappa shape index (κ1) is 27.7. The number of nitrogens with two attached hydrogens (primary N) is 1. The molecule has 0 saturated carbocycles. The van der Waals surface area contributed by atoms with Crippen molar-refractivity contribution in [2.24, 2.45) is 11.7 Å². The third kappa shape index (κ3) is 11.0. The number of carbonyl (C=O) groups is 5. The van der Waals surface area contributed by atoms with Crippen molar-refractivity contribution in [2.75, 3.05) is 18.8 Å². The smallest absolute Gasteiger partial charge is 0.323 e. The average Bonchev–Trinajstić information content (AvgIpc) is 2.67. The lowest BCUT2D eigenvalue weighted by molar-refractivity contribution is -0.146. The molecular formula is C18H31N3O8S. The summed E-state index contributed by atoms with van der Waals surface area (Å²) in [6.45, 7) is 1.27. The Kier molecular flexibility index (Phi) is 13.5. The molecule has 12 heteroatoms. The number of nitrogens with one attached hydrogen (secondary N) is 1. The van der Waals surface area contributed by atoms with Crippen LogP contribution in [0.3, 0.4) is 0 Å². The van der Waals surface area contributed by atoms with E-state index in [1.807, 2.05) is 6.92 Å². The van der Waals surface area contributed by atoms with E-state index < -0.39 is 54.3 Å². The van der Waals surface area contributed by atoms with Crippen LogP contribution < -0.4 is 11.1 Å². The molecule has 3 unspecified atom stereocenters. The van der Waals surface area contributed by atoms with E-state index in [1.165, 1.54) is 0 Å². The van der Waals surface area contributed by atoms with Crippen LogP contribution >= 0.6 is 12.6 Å². The predicted octanol–water partition coefficient (Wildman–Crippen LogP) is -0.213. The van der Waals surface area contributed by atoms with E-state index in [2.05, 4.69) is 17.9 Å². The molecule has 6 N–H and O–H groups in total. The van der Waals surface area contributed by atoms with Crippen LogP contribution in [0.15, 0.2) is 0 Å². The third-order valence-electron chi connectivity index (χ3n) is 4.42. The van der Waals surface area contributed by atoms with Crippen molar-refractivity contribution < 1.29 is 39.3 Å². The van der Waals surface area contributed by atoms with E-state index in [-0.39, 0.29) is 38.0 Å². The van der Waals surface area contributed by atoms with Gasteiger partial charge in [0.05, 0.1) is 5.92 Å². The van der Waals surface area contributed by atoms with Crippen molar-refractivity contribution in [3.8, 4) is 0 Å². The van der Waals surface area contributed by atoms with Gasteiger partial charge in [-0.3, -0.25) is 24.0 Å². The van der Waals surface area contributed by atoms with Gasteiger partial charge in [-0.25, -0.2) is 0 Å². The van der Waals surface area contributed by atoms with Crippen molar-refractivity contribution in [1.82, 2.24) is 10.2 Å². The van der Waals surface area contributed by atoms with Gasteiger partial charge < -0.3 is 31.3 Å². The van der Waals surface area contributed by atoms with Gasteiger partial charge in [0, 0.05) is 18.7 Å². The Morgan fingerprint density at radius 1 is 1.03 bits per heavy atom. The molecule has 0 spiro atoms. The van der Waals surface area contributed by atoms with Gasteiger partial charge in [0.15, 0.2) is 0 Å². The Hall–Kier alpha value is -2.34. The van der Waals surface area contributed by atoms with Crippen molar-refractivity contribution in [1.29, 1.82) is 0 Å². The molecule has 0 aliphatic rings. The Balaban J connectivity index is 4.93. The first-order chi connectivity index (χ1) is 14.0. The van der Waals surface area contributed by atoms with Crippen LogP contribution in [0.25, 0.3) is 0 Å². The zero-order valence-corrected chi connectivity index (χ0v) is 17.8. The minimum Gasteiger partial charge on any atom is -0.481 e. The van der Waals surface area contributed by atoms with E-state index in [0.717, 1.165) is 4.90 Å². The number of hydrogen-bond donors (Lipinski definition) is 6. The zero-order chi connectivity index (χ0) is 23.3. The van der Waals surface area contributed by atoms with Gasteiger partial charge in [-0.1, -0.05) is 13.3 Å². The van der Waals surface area contributed by atoms with E-state index in [1.54, 1.807) is 0 Å². The summed E-state index contributed by atoms with van der Waals surface area (Å²) in [5, 5.41) is 29.4. The van der Waals surface area contributed by atoms with Gasteiger partial charge in [0.25, 0.3) is 0 Å². The van der Waals surface area contributed by atoms with Crippen LogP contribution in [0.1, 0.15) is 45.4 Å². The fourth-order valence-corrected chi connectivity index (χ4v) is 3.03. The van der Waals surface area contributed by atoms with Gasteiger partial charge in [0.1, 0.15) is 18.6 Å². The van der Waals surface area contributed by atoms with Crippen LogP contribution in [-0.4, -0.2) is 80.9 Å². The summed E-state index contributed by atoms with van der Waals surface area (Å²) >= 11 is 4.03. The summed E-state index contributed by atoms with van der Waals surface area (Å²) in [5.74, 6) is -5.37. The van der Waals surface area contributed by atoms with Crippen LogP contribution in [0, 0.1) is 5.92 Å². The van der Waals surface area contributed by atoms with Crippen LogP contribution in [0.5, 0.6) is 0 Å². The molecule has 0 radical (unpaired) electrons. The van der Waals surface area contributed by atoms with Gasteiger partial charge in [-0.2, -0.15) is 12.6 Å². The van der Waals surface area contributed by atoms with E-state index >= 15 is 0 Å². The molecule has 11 nitrogen and oxygen atoms in total. The molecule has 0 rings (SSSR count). The van der Waals surface area contributed by atoms with Crippen molar-refractivity contribution in [2.45, 2.75) is 57.5 Å². The maximum Gasteiger partial charge on any atom is 0.323 e. The van der Waals surface area contributed by atoms with Crippen LogP contribution in [0.4, 0.5) is 0 Å². The Bertz CT molecular complexity index is 616. The molecule has 0 bridgehead atoms. The molecule has 30 heavy (non-hydrogen) atoms. The van der Waals surface area contributed by atoms with E-state index in [4.69, 9.17) is 15.9 Å². The molecule has 0 aliphatic heterocycles. The van der Waals surface area contributed by atoms with Gasteiger partial charge in [-0.15, -0.1) is 0 Å². The number of carbonyl (C=O) groups excluding carboxylic acids is 2. The monoisotopic (exact) mass is 449 g/mol. The number of carboxylic acid groups (broad SMARTS) is 3. The fourth-order valence-electron chi connectivity index (χ4n) is 2.78. The fraction of sp³-hybridized carbons (Fsp3) is 0.722. The highest BCUT2D eigenvalue weighted by Crippen LogP contribution is 2.14. The normalized spacial score (nSPS) is 13.7. The quantitative estimate of drug-likeness (QED) is 0.173. The van der Waals surface area contributed by atoms with Crippen molar-refractivity contribution in [3.05, 3.63) is 0 Å². The highest BCUT2D eigenvalue weighted by Gasteiger charge is 2.27. The molecule has 2 amide bonds. The Morgan fingerprint density at radius 3 is 2.13 bits per heavy atom. The number of hydrogen-bond acceptors (Lipinski definition) is 7. The second-order valence-corrected chi connectivity index (χ2v) is 7.27. The first-order valence-electron chi connectivity index (χ1n) is 9.65. The zero-order valence-electron chi connectivity index (χ0n) is 17.0. The highest BCUT2D eigenvalue weighted by molar-refractivity contribution is 7.80. The highest BCUT2D eigenvalue weighted by atomic mass is 32.1. The maximum absolute atomic E-state index is 12.7. The lowest BCUT2D eigenvalue weighted by atomic mass is 9.98. The molecule has 0 aliphatic carbocycles. The summed E-state index contributed by atoms with van der Waals surface area (Å²) in [6, 6.07) is -2.32. The predicted molar refractivity (Wildman–Crippen MR) is 110 cm³/mol. The number of rotatable bonds is 16. The van der Waals surface area contributed by atoms with Gasteiger partial charge in [-0.05, 0) is 25.7 Å². The number of nitrogens with zero attached hydrogens (tertiary/aromatic N) is 1. The van der Waals surface area contributed by atoms with Crippen molar-refractivity contribution >= 4 is 42.4 Å². The Labute approximate surface area is 180 Å². The summed E-state index contributed by atoms with van der Waals surface area (Å²) in [7, 11) is 0. The molecule has 3 atom stereocenters. The van der Waals surface area contributed by atoms with Gasteiger partial charge >= 0.3 is 17.9 Å². The standard InChI is InChI=1S/C18H31N3O8S/c1-2-4-11(17(26)27)5-3-8-21(9-15(23)24)16(25)13(10-30)20-14(22)7-6-12(19)18(28)29/h11-13,30H,2-10,19H2,1H3,(H,20,22)(H,23,24)(H,26,27)(H,28,29). The van der Waals surface area contributed by atoms with E-state index in [0.29, 0.717) is 12.8 Å². The summed E-state index contributed by atoms with van der Waals surface area (Å²) in [4.78, 5) is 58.8. The molecule has 0 fully saturated rings. The third-order valence-corrected chi connectivity index (χ3v) is 4.79. The van der Waals surface area contributed by atoms with E-state index in [9.17, 15) is 29.1 Å². The molecule has 172 valence electrons. The van der Waals surface area contributed by atoms with Crippen molar-refractivity contribution in [3.63, 3.8) is 0 Å². The average molecular weight is 450 g/mol. The number of amides is 2. The molecule has 0 aromatic rings. The molecular weight excluding hydrogens is 418 g/mol. The van der Waals surface area contributed by atoms with Crippen LogP contribution in [0.2, 0.25) is 0 Å². The molecule has 0 aromatic carbocycles. The summed E-state index contributed by atoms with van der Waals surface area (Å²) in [6.07, 6.45) is 1.40. The summed E-state index contributed by atoms with van der Waals surface area (Å²) in [5.41, 5.74) is 5.34.